The van der Waals surface area contributed by atoms with Crippen LogP contribution in [-0.4, -0.2) is 30.4 Å². The van der Waals surface area contributed by atoms with Crippen LogP contribution in [0.25, 0.3) is 0 Å². The molecule has 0 saturated carbocycles. The summed E-state index contributed by atoms with van der Waals surface area (Å²) in [5, 5.41) is 5.71. The lowest BCUT2D eigenvalue weighted by molar-refractivity contribution is -0.139. The highest BCUT2D eigenvalue weighted by Gasteiger charge is 2.37. The van der Waals surface area contributed by atoms with E-state index in [0.29, 0.717) is 5.69 Å². The van der Waals surface area contributed by atoms with Gasteiger partial charge in [-0.3, -0.25) is 9.59 Å². The summed E-state index contributed by atoms with van der Waals surface area (Å²) in [6.07, 6.45) is 2.46. The fourth-order valence-corrected chi connectivity index (χ4v) is 2.62. The summed E-state index contributed by atoms with van der Waals surface area (Å²) in [6, 6.07) is 7.82. The number of hydrogen-bond acceptors (Lipinski definition) is 3. The molecule has 24 heavy (non-hydrogen) atoms. The molecule has 1 aromatic carbocycles. The van der Waals surface area contributed by atoms with Gasteiger partial charge in [0.2, 0.25) is 11.8 Å². The van der Waals surface area contributed by atoms with Crippen molar-refractivity contribution < 1.29 is 9.59 Å². The average Bonchev–Trinajstić information content (AvgIpc) is 3.00. The number of amides is 2. The monoisotopic (exact) mass is 331 g/mol. The minimum absolute atomic E-state index is 0.277. The van der Waals surface area contributed by atoms with Crippen LogP contribution in [0.2, 0.25) is 0 Å². The molecule has 1 heterocycles. The lowest BCUT2D eigenvalue weighted by atomic mass is 9.89. The first-order valence-electron chi connectivity index (χ1n) is 8.59. The molecule has 1 aliphatic rings. The molecule has 0 radical (unpaired) electrons. The van der Waals surface area contributed by atoms with Crippen LogP contribution >= 0.6 is 0 Å². The van der Waals surface area contributed by atoms with E-state index < -0.39 is 5.41 Å². The van der Waals surface area contributed by atoms with Gasteiger partial charge < -0.3 is 15.5 Å². The molecule has 2 amide bonds. The van der Waals surface area contributed by atoms with Crippen molar-refractivity contribution in [1.82, 2.24) is 5.32 Å². The Labute approximate surface area is 144 Å². The second kappa shape index (κ2) is 6.83. The van der Waals surface area contributed by atoms with Gasteiger partial charge in [0.05, 0.1) is 0 Å². The van der Waals surface area contributed by atoms with Crippen molar-refractivity contribution in [2.45, 2.75) is 53.0 Å². The highest BCUT2D eigenvalue weighted by Crippen LogP contribution is 2.24. The van der Waals surface area contributed by atoms with Gasteiger partial charge in [0.1, 0.15) is 5.41 Å². The Morgan fingerprint density at radius 3 is 1.96 bits per heavy atom. The van der Waals surface area contributed by atoms with Gasteiger partial charge in [-0.15, -0.1) is 0 Å². The Bertz CT molecular complexity index is 594. The van der Waals surface area contributed by atoms with E-state index >= 15 is 0 Å². The number of nitrogens with one attached hydrogen (secondary N) is 2. The minimum Gasteiger partial charge on any atom is -0.372 e. The Hall–Kier alpha value is -2.04. The standard InChI is InChI=1S/C19H29N3O2/c1-18(2,3)21-17(24)19(4,5)16(23)20-14-8-10-15(11-9-14)22-12-6-7-13-22/h8-11H,6-7,12-13H2,1-5H3,(H,20,23)(H,21,24). The van der Waals surface area contributed by atoms with Crippen molar-refractivity contribution in [2.24, 2.45) is 5.41 Å². The lowest BCUT2D eigenvalue weighted by Crippen LogP contribution is -2.51. The number of rotatable bonds is 4. The molecule has 5 heteroatoms. The van der Waals surface area contributed by atoms with Crippen molar-refractivity contribution in [2.75, 3.05) is 23.3 Å². The molecular weight excluding hydrogens is 302 g/mol. The molecule has 0 aromatic heterocycles. The molecule has 0 aliphatic carbocycles. The van der Waals surface area contributed by atoms with Gasteiger partial charge in [-0.05, 0) is 71.7 Å². The van der Waals surface area contributed by atoms with Crippen molar-refractivity contribution >= 4 is 23.2 Å². The first-order valence-corrected chi connectivity index (χ1v) is 8.59. The molecule has 132 valence electrons. The Morgan fingerprint density at radius 2 is 1.46 bits per heavy atom. The lowest BCUT2D eigenvalue weighted by Gasteiger charge is -2.28. The summed E-state index contributed by atoms with van der Waals surface area (Å²) < 4.78 is 0. The topological polar surface area (TPSA) is 61.4 Å². The minimum atomic E-state index is -1.14. The van der Waals surface area contributed by atoms with Crippen LogP contribution in [-0.2, 0) is 9.59 Å². The second-order valence-electron chi connectivity index (χ2n) is 8.02. The van der Waals surface area contributed by atoms with Crippen molar-refractivity contribution in [3.8, 4) is 0 Å². The van der Waals surface area contributed by atoms with Crippen molar-refractivity contribution in [3.05, 3.63) is 24.3 Å². The zero-order chi connectivity index (χ0) is 18.0. The van der Waals surface area contributed by atoms with E-state index in [9.17, 15) is 9.59 Å². The van der Waals surface area contributed by atoms with E-state index in [1.54, 1.807) is 13.8 Å². The first-order chi connectivity index (χ1) is 11.1. The van der Waals surface area contributed by atoms with Crippen molar-refractivity contribution in [1.29, 1.82) is 0 Å². The quantitative estimate of drug-likeness (QED) is 0.833. The van der Waals surface area contributed by atoms with Crippen LogP contribution in [0.5, 0.6) is 0 Å². The van der Waals surface area contributed by atoms with Gasteiger partial charge in [0.15, 0.2) is 0 Å². The maximum Gasteiger partial charge on any atom is 0.239 e. The van der Waals surface area contributed by atoms with Crippen LogP contribution in [0.4, 0.5) is 11.4 Å². The highest BCUT2D eigenvalue weighted by molar-refractivity contribution is 6.10. The second-order valence-corrected chi connectivity index (χ2v) is 8.02. The number of hydrogen-bond donors (Lipinski definition) is 2. The Balaban J connectivity index is 2.01. The zero-order valence-electron chi connectivity index (χ0n) is 15.4. The molecular formula is C19H29N3O2. The fraction of sp³-hybridized carbons (Fsp3) is 0.579. The van der Waals surface area contributed by atoms with E-state index in [0.717, 1.165) is 13.1 Å². The van der Waals surface area contributed by atoms with Crippen LogP contribution in [0.3, 0.4) is 0 Å². The maximum absolute atomic E-state index is 12.5. The fourth-order valence-electron chi connectivity index (χ4n) is 2.62. The van der Waals surface area contributed by atoms with E-state index in [4.69, 9.17) is 0 Å². The summed E-state index contributed by atoms with van der Waals surface area (Å²) >= 11 is 0. The molecule has 2 rings (SSSR count). The number of carbonyl (C=O) groups excluding carboxylic acids is 2. The first kappa shape index (κ1) is 18.3. The van der Waals surface area contributed by atoms with Gasteiger partial charge >= 0.3 is 0 Å². The number of nitrogens with zero attached hydrogens (tertiary/aromatic N) is 1. The summed E-state index contributed by atoms with van der Waals surface area (Å²) in [7, 11) is 0. The molecule has 2 N–H and O–H groups in total. The molecule has 1 fully saturated rings. The molecule has 1 aliphatic heterocycles. The predicted octanol–water partition coefficient (Wildman–Crippen LogP) is 3.17. The van der Waals surface area contributed by atoms with Crippen LogP contribution in [0.1, 0.15) is 47.5 Å². The summed E-state index contributed by atoms with van der Waals surface area (Å²) in [6.45, 7) is 11.2. The highest BCUT2D eigenvalue weighted by atomic mass is 16.2. The van der Waals surface area contributed by atoms with Gasteiger partial charge in [-0.25, -0.2) is 0 Å². The van der Waals surface area contributed by atoms with Gasteiger partial charge in [0, 0.05) is 30.0 Å². The van der Waals surface area contributed by atoms with E-state index in [1.807, 2.05) is 45.0 Å². The summed E-state index contributed by atoms with van der Waals surface area (Å²) in [4.78, 5) is 27.2. The van der Waals surface area contributed by atoms with Gasteiger partial charge in [-0.2, -0.15) is 0 Å². The SMILES string of the molecule is CC(C)(C)NC(=O)C(C)(C)C(=O)Nc1ccc(N2CCCC2)cc1. The van der Waals surface area contributed by atoms with E-state index in [-0.39, 0.29) is 17.4 Å². The number of benzene rings is 1. The van der Waals surface area contributed by atoms with Crippen molar-refractivity contribution in [3.63, 3.8) is 0 Å². The third-order valence-corrected chi connectivity index (χ3v) is 4.22. The van der Waals surface area contributed by atoms with Crippen LogP contribution in [0.15, 0.2) is 24.3 Å². The third-order valence-electron chi connectivity index (χ3n) is 4.22. The smallest absolute Gasteiger partial charge is 0.239 e. The summed E-state index contributed by atoms with van der Waals surface area (Å²) in [5.41, 5.74) is 0.377. The zero-order valence-corrected chi connectivity index (χ0v) is 15.4. The van der Waals surface area contributed by atoms with Gasteiger partial charge in [0.25, 0.3) is 0 Å². The molecule has 0 spiro atoms. The summed E-state index contributed by atoms with van der Waals surface area (Å²) in [5.74, 6) is -0.584. The third kappa shape index (κ3) is 4.49. The van der Waals surface area contributed by atoms with Gasteiger partial charge in [-0.1, -0.05) is 0 Å². The van der Waals surface area contributed by atoms with Crippen LogP contribution in [0, 0.1) is 5.41 Å². The molecule has 0 bridgehead atoms. The normalized spacial score (nSPS) is 15.3. The number of anilines is 2. The molecule has 5 nitrogen and oxygen atoms in total. The Morgan fingerprint density at radius 1 is 0.917 bits per heavy atom. The van der Waals surface area contributed by atoms with E-state index in [1.165, 1.54) is 18.5 Å². The molecule has 0 atom stereocenters. The average molecular weight is 331 g/mol. The molecule has 0 unspecified atom stereocenters. The number of carbonyl (C=O) groups is 2. The Kier molecular flexibility index (Phi) is 5.21. The molecule has 1 saturated heterocycles. The maximum atomic E-state index is 12.5. The largest absolute Gasteiger partial charge is 0.372 e. The molecule has 1 aromatic rings. The predicted molar refractivity (Wildman–Crippen MR) is 98.2 cm³/mol. The van der Waals surface area contributed by atoms with E-state index in [2.05, 4.69) is 15.5 Å². The van der Waals surface area contributed by atoms with Crippen LogP contribution < -0.4 is 15.5 Å².